The van der Waals surface area contributed by atoms with Gasteiger partial charge in [-0.1, -0.05) is 22.9 Å². The Balaban J connectivity index is 2.49. The lowest BCUT2D eigenvalue weighted by Gasteiger charge is -2.14. The van der Waals surface area contributed by atoms with Crippen LogP contribution in [0.25, 0.3) is 0 Å². The van der Waals surface area contributed by atoms with E-state index in [0.29, 0.717) is 35.1 Å². The van der Waals surface area contributed by atoms with Crippen molar-refractivity contribution in [3.8, 4) is 6.07 Å². The number of rotatable bonds is 4. The molecule has 1 aromatic heterocycles. The van der Waals surface area contributed by atoms with Crippen molar-refractivity contribution >= 4 is 33.3 Å². The minimum absolute atomic E-state index is 0.538. The normalized spacial score (nSPS) is 10.0. The third-order valence-electron chi connectivity index (χ3n) is 3.00. The molecule has 2 rings (SSSR count). The van der Waals surface area contributed by atoms with Crippen LogP contribution in [-0.2, 0) is 6.42 Å². The summed E-state index contributed by atoms with van der Waals surface area (Å²) in [7, 11) is 0. The first-order chi connectivity index (χ1) is 10.1. The zero-order valence-corrected chi connectivity index (χ0v) is 13.3. The SMILES string of the molecule is CCc1nc(NN)c(C)c(Nc2cc(Br)ccc2C#N)n1. The van der Waals surface area contributed by atoms with E-state index >= 15 is 0 Å². The molecule has 7 heteroatoms. The molecule has 0 bridgehead atoms. The molecule has 108 valence electrons. The summed E-state index contributed by atoms with van der Waals surface area (Å²) in [6.45, 7) is 3.83. The highest BCUT2D eigenvalue weighted by molar-refractivity contribution is 9.10. The van der Waals surface area contributed by atoms with Crippen molar-refractivity contribution < 1.29 is 0 Å². The Labute approximate surface area is 131 Å². The van der Waals surface area contributed by atoms with E-state index in [1.165, 1.54) is 0 Å². The molecule has 21 heavy (non-hydrogen) atoms. The van der Waals surface area contributed by atoms with E-state index in [2.05, 4.69) is 42.7 Å². The Morgan fingerprint density at radius 3 is 2.67 bits per heavy atom. The van der Waals surface area contributed by atoms with Crippen molar-refractivity contribution in [2.24, 2.45) is 5.84 Å². The van der Waals surface area contributed by atoms with Crippen LogP contribution >= 0.6 is 15.9 Å². The first kappa shape index (κ1) is 15.2. The molecule has 0 saturated carbocycles. The molecule has 0 fully saturated rings. The standard InChI is InChI=1S/C14H15BrN6/c1-3-12-19-13(8(2)14(20-12)21-17)18-11-6-10(15)5-4-9(11)7-16/h4-6H,3,17H2,1-2H3,(H2,18,19,20,21). The van der Waals surface area contributed by atoms with Crippen LogP contribution in [0.4, 0.5) is 17.3 Å². The lowest BCUT2D eigenvalue weighted by Crippen LogP contribution is -2.14. The number of hydrazine groups is 1. The van der Waals surface area contributed by atoms with Gasteiger partial charge in [0, 0.05) is 16.5 Å². The third kappa shape index (κ3) is 3.29. The molecule has 1 heterocycles. The van der Waals surface area contributed by atoms with E-state index in [4.69, 9.17) is 5.84 Å². The van der Waals surface area contributed by atoms with Gasteiger partial charge in [0.25, 0.3) is 0 Å². The van der Waals surface area contributed by atoms with Crippen LogP contribution in [0.3, 0.4) is 0 Å². The second-order valence-electron chi connectivity index (χ2n) is 4.39. The van der Waals surface area contributed by atoms with Crippen LogP contribution in [0.1, 0.15) is 23.9 Å². The summed E-state index contributed by atoms with van der Waals surface area (Å²) in [6.07, 6.45) is 0.688. The maximum Gasteiger partial charge on any atom is 0.148 e. The number of nitrogens with two attached hydrogens (primary N) is 1. The number of hydrogen-bond donors (Lipinski definition) is 3. The number of hydrogen-bond acceptors (Lipinski definition) is 6. The average Bonchev–Trinajstić information content (AvgIpc) is 2.49. The van der Waals surface area contributed by atoms with Gasteiger partial charge in [0.2, 0.25) is 0 Å². The molecule has 0 aliphatic heterocycles. The smallest absolute Gasteiger partial charge is 0.148 e. The monoisotopic (exact) mass is 346 g/mol. The maximum absolute atomic E-state index is 9.19. The largest absolute Gasteiger partial charge is 0.339 e. The number of anilines is 3. The van der Waals surface area contributed by atoms with Gasteiger partial charge in [-0.05, 0) is 25.1 Å². The van der Waals surface area contributed by atoms with E-state index in [9.17, 15) is 5.26 Å². The van der Waals surface area contributed by atoms with Crippen molar-refractivity contribution in [2.45, 2.75) is 20.3 Å². The molecule has 6 nitrogen and oxygen atoms in total. The Morgan fingerprint density at radius 1 is 1.33 bits per heavy atom. The molecule has 0 atom stereocenters. The summed E-state index contributed by atoms with van der Waals surface area (Å²) in [6, 6.07) is 7.55. The predicted octanol–water partition coefficient (Wildman–Crippen LogP) is 3.01. The molecule has 0 amide bonds. The van der Waals surface area contributed by atoms with Crippen LogP contribution in [0.2, 0.25) is 0 Å². The van der Waals surface area contributed by atoms with E-state index in [1.807, 2.05) is 26.0 Å². The maximum atomic E-state index is 9.19. The van der Waals surface area contributed by atoms with E-state index in [-0.39, 0.29) is 0 Å². The van der Waals surface area contributed by atoms with Crippen LogP contribution in [-0.4, -0.2) is 9.97 Å². The zero-order valence-electron chi connectivity index (χ0n) is 11.7. The Morgan fingerprint density at radius 2 is 2.05 bits per heavy atom. The van der Waals surface area contributed by atoms with Gasteiger partial charge < -0.3 is 10.7 Å². The van der Waals surface area contributed by atoms with Gasteiger partial charge in [-0.15, -0.1) is 0 Å². The molecule has 0 spiro atoms. The Bertz CT molecular complexity index is 707. The highest BCUT2D eigenvalue weighted by atomic mass is 79.9. The van der Waals surface area contributed by atoms with Gasteiger partial charge >= 0.3 is 0 Å². The van der Waals surface area contributed by atoms with Crippen LogP contribution < -0.4 is 16.6 Å². The Hall–Kier alpha value is -2.17. The number of nitrogens with one attached hydrogen (secondary N) is 2. The van der Waals surface area contributed by atoms with E-state index < -0.39 is 0 Å². The molecule has 4 N–H and O–H groups in total. The minimum Gasteiger partial charge on any atom is -0.339 e. The number of halogens is 1. The van der Waals surface area contributed by atoms with Gasteiger partial charge in [0.15, 0.2) is 0 Å². The van der Waals surface area contributed by atoms with E-state index in [1.54, 1.807) is 6.07 Å². The van der Waals surface area contributed by atoms with Gasteiger partial charge in [-0.25, -0.2) is 15.8 Å². The van der Waals surface area contributed by atoms with E-state index in [0.717, 1.165) is 10.0 Å². The molecule has 1 aromatic carbocycles. The number of nitrogens with zero attached hydrogens (tertiary/aromatic N) is 3. The predicted molar refractivity (Wildman–Crippen MR) is 86.1 cm³/mol. The van der Waals surface area contributed by atoms with Crippen molar-refractivity contribution in [3.63, 3.8) is 0 Å². The van der Waals surface area contributed by atoms with Crippen molar-refractivity contribution in [2.75, 3.05) is 10.7 Å². The zero-order chi connectivity index (χ0) is 15.4. The third-order valence-corrected chi connectivity index (χ3v) is 3.49. The first-order valence-electron chi connectivity index (χ1n) is 6.39. The number of benzene rings is 1. The van der Waals surface area contributed by atoms with Crippen molar-refractivity contribution in [3.05, 3.63) is 39.6 Å². The van der Waals surface area contributed by atoms with Crippen LogP contribution in [0.15, 0.2) is 22.7 Å². The second-order valence-corrected chi connectivity index (χ2v) is 5.30. The second kappa shape index (κ2) is 6.52. The lowest BCUT2D eigenvalue weighted by molar-refractivity contribution is 0.932. The molecule has 0 aliphatic carbocycles. The quantitative estimate of drug-likeness (QED) is 0.581. The van der Waals surface area contributed by atoms with Crippen LogP contribution in [0, 0.1) is 18.3 Å². The average molecular weight is 347 g/mol. The molecule has 2 aromatic rings. The summed E-state index contributed by atoms with van der Waals surface area (Å²) in [5.41, 5.74) is 4.58. The Kier molecular flexibility index (Phi) is 4.73. The molecule has 0 unspecified atom stereocenters. The fourth-order valence-corrected chi connectivity index (χ4v) is 2.19. The summed E-state index contributed by atoms with van der Waals surface area (Å²) in [4.78, 5) is 8.77. The number of aromatic nitrogens is 2. The van der Waals surface area contributed by atoms with Gasteiger partial charge in [-0.3, -0.25) is 0 Å². The summed E-state index contributed by atoms with van der Waals surface area (Å²) < 4.78 is 0.878. The highest BCUT2D eigenvalue weighted by Gasteiger charge is 2.11. The lowest BCUT2D eigenvalue weighted by atomic mass is 10.2. The minimum atomic E-state index is 0.538. The summed E-state index contributed by atoms with van der Waals surface area (Å²) in [5, 5.41) is 12.4. The molecular weight excluding hydrogens is 332 g/mol. The van der Waals surface area contributed by atoms with Crippen molar-refractivity contribution in [1.29, 1.82) is 5.26 Å². The highest BCUT2D eigenvalue weighted by Crippen LogP contribution is 2.27. The van der Waals surface area contributed by atoms with Gasteiger partial charge in [-0.2, -0.15) is 5.26 Å². The molecule has 0 radical (unpaired) electrons. The van der Waals surface area contributed by atoms with Gasteiger partial charge in [0.05, 0.1) is 11.3 Å². The fourth-order valence-electron chi connectivity index (χ4n) is 1.83. The van der Waals surface area contributed by atoms with Crippen LogP contribution in [0.5, 0.6) is 0 Å². The summed E-state index contributed by atoms with van der Waals surface area (Å²) in [5.74, 6) is 7.36. The number of aryl methyl sites for hydroxylation is 1. The fraction of sp³-hybridized carbons (Fsp3) is 0.214. The first-order valence-corrected chi connectivity index (χ1v) is 7.19. The number of nitrogen functional groups attached to an aromatic ring is 1. The topological polar surface area (TPSA) is 99.6 Å². The van der Waals surface area contributed by atoms with Crippen molar-refractivity contribution in [1.82, 2.24) is 9.97 Å². The molecule has 0 aliphatic rings. The summed E-state index contributed by atoms with van der Waals surface area (Å²) >= 11 is 3.40. The molecule has 0 saturated heterocycles. The molecular formula is C14H15BrN6. The number of nitriles is 1. The van der Waals surface area contributed by atoms with Gasteiger partial charge in [0.1, 0.15) is 23.5 Å².